The highest BCUT2D eigenvalue weighted by molar-refractivity contribution is 6.30. The van der Waals surface area contributed by atoms with Gasteiger partial charge in [-0.25, -0.2) is 0 Å². The molecule has 0 fully saturated rings. The zero-order chi connectivity index (χ0) is 18.2. The first-order valence-corrected chi connectivity index (χ1v) is 8.23. The predicted molar refractivity (Wildman–Crippen MR) is 93.7 cm³/mol. The summed E-state index contributed by atoms with van der Waals surface area (Å²) in [6, 6.07) is 13.5. The molecule has 0 bridgehead atoms. The summed E-state index contributed by atoms with van der Waals surface area (Å²) in [4.78, 5) is 2.10. The second kappa shape index (κ2) is 6.26. The molecule has 5 nitrogen and oxygen atoms in total. The molecule has 1 aromatic rings. The molecular weight excluding hydrogens is 334 g/mol. The van der Waals surface area contributed by atoms with Gasteiger partial charge in [0.2, 0.25) is 0 Å². The number of hydrogen-bond acceptors (Lipinski definition) is 5. The van der Waals surface area contributed by atoms with Gasteiger partial charge >= 0.3 is 0 Å². The first kappa shape index (κ1) is 17.1. The molecule has 6 heteroatoms. The van der Waals surface area contributed by atoms with Crippen LogP contribution in [-0.4, -0.2) is 25.0 Å². The Morgan fingerprint density at radius 3 is 2.40 bits per heavy atom. The minimum Gasteiger partial charge on any atom is -0.399 e. The second-order valence-corrected chi connectivity index (χ2v) is 6.88. The summed E-state index contributed by atoms with van der Waals surface area (Å²) in [5.41, 5.74) is 6.61. The Labute approximate surface area is 151 Å². The molecule has 25 heavy (non-hydrogen) atoms. The summed E-state index contributed by atoms with van der Waals surface area (Å²) >= 11 is 6.00. The fraction of sp³-hybridized carbons (Fsp3) is 0.316. The van der Waals surface area contributed by atoms with E-state index in [-0.39, 0.29) is 17.2 Å². The number of nitrogens with two attached hydrogens (primary N) is 1. The highest BCUT2D eigenvalue weighted by Crippen LogP contribution is 2.54. The number of likely N-dealkylation sites (N-methyl/N-ethyl adjacent to an activating group) is 1. The van der Waals surface area contributed by atoms with Crippen LogP contribution in [0.2, 0.25) is 5.02 Å². The average Bonchev–Trinajstić information content (AvgIpc) is 2.62. The van der Waals surface area contributed by atoms with Gasteiger partial charge in [0.1, 0.15) is 6.07 Å². The lowest BCUT2D eigenvalue weighted by Gasteiger charge is -2.45. The number of rotatable bonds is 1. The lowest BCUT2D eigenvalue weighted by molar-refractivity contribution is 0.237. The summed E-state index contributed by atoms with van der Waals surface area (Å²) in [5.74, 6) is -0.632. The maximum Gasteiger partial charge on any atom is 0.191 e. The van der Waals surface area contributed by atoms with Crippen LogP contribution in [0.25, 0.3) is 0 Å². The number of halogens is 1. The van der Waals surface area contributed by atoms with E-state index in [2.05, 4.69) is 23.1 Å². The van der Waals surface area contributed by atoms with Crippen molar-refractivity contribution in [2.24, 2.45) is 17.1 Å². The van der Waals surface area contributed by atoms with E-state index >= 15 is 0 Å². The van der Waals surface area contributed by atoms with Gasteiger partial charge in [0.15, 0.2) is 5.41 Å². The minimum atomic E-state index is -1.58. The Kier molecular flexibility index (Phi) is 4.27. The van der Waals surface area contributed by atoms with Crippen LogP contribution in [0.4, 0.5) is 0 Å². The second-order valence-electron chi connectivity index (χ2n) is 6.45. The summed E-state index contributed by atoms with van der Waals surface area (Å²) in [6.45, 7) is 1.34. The topological polar surface area (TPSA) is 101 Å². The molecule has 3 rings (SSSR count). The van der Waals surface area contributed by atoms with Gasteiger partial charge in [-0.3, -0.25) is 0 Å². The van der Waals surface area contributed by atoms with Gasteiger partial charge in [-0.05, 0) is 30.3 Å². The number of nitrogens with zero attached hydrogens (tertiary/aromatic N) is 4. The van der Waals surface area contributed by atoms with E-state index in [1.54, 1.807) is 12.1 Å². The maximum atomic E-state index is 9.91. The third kappa shape index (κ3) is 2.48. The van der Waals surface area contributed by atoms with Crippen LogP contribution >= 0.6 is 11.6 Å². The van der Waals surface area contributed by atoms with E-state index in [4.69, 9.17) is 17.3 Å². The Morgan fingerprint density at radius 2 is 1.84 bits per heavy atom. The van der Waals surface area contributed by atoms with Crippen molar-refractivity contribution in [1.82, 2.24) is 4.90 Å². The van der Waals surface area contributed by atoms with E-state index in [9.17, 15) is 15.8 Å². The first-order chi connectivity index (χ1) is 12.0. The standard InChI is InChI=1S/C19H16ClN5/c1-25-7-6-14-15(8-21)18(24)19(10-22,11-23)17(16(14)9-25)12-2-4-13(20)5-3-12/h2-6,16-17H,7,9,24H2,1H3/t16-,17+/m1/s1. The Hall–Kier alpha value is -2.78. The van der Waals surface area contributed by atoms with Gasteiger partial charge in [-0.15, -0.1) is 0 Å². The molecule has 124 valence electrons. The molecule has 0 unspecified atom stereocenters. The molecule has 1 heterocycles. The molecule has 1 aliphatic heterocycles. The smallest absolute Gasteiger partial charge is 0.191 e. The first-order valence-electron chi connectivity index (χ1n) is 7.85. The fourth-order valence-electron chi connectivity index (χ4n) is 3.87. The fourth-order valence-corrected chi connectivity index (χ4v) is 4.00. The molecule has 2 atom stereocenters. The van der Waals surface area contributed by atoms with E-state index in [1.165, 1.54) is 0 Å². The molecule has 0 radical (unpaired) electrons. The normalized spacial score (nSPS) is 25.2. The molecule has 1 aliphatic carbocycles. The third-order valence-corrected chi connectivity index (χ3v) is 5.33. The monoisotopic (exact) mass is 349 g/mol. The van der Waals surface area contributed by atoms with E-state index in [0.717, 1.165) is 11.1 Å². The van der Waals surface area contributed by atoms with Crippen molar-refractivity contribution in [3.05, 3.63) is 57.8 Å². The number of hydrogen-bond donors (Lipinski definition) is 1. The summed E-state index contributed by atoms with van der Waals surface area (Å²) in [7, 11) is 1.97. The van der Waals surface area contributed by atoms with Gasteiger partial charge in [-0.2, -0.15) is 15.8 Å². The molecule has 0 amide bonds. The van der Waals surface area contributed by atoms with E-state index in [1.807, 2.05) is 25.3 Å². The average molecular weight is 350 g/mol. The maximum absolute atomic E-state index is 9.91. The Morgan fingerprint density at radius 1 is 1.20 bits per heavy atom. The largest absolute Gasteiger partial charge is 0.399 e. The summed E-state index contributed by atoms with van der Waals surface area (Å²) in [5, 5.41) is 30.0. The molecule has 2 N–H and O–H groups in total. The molecule has 0 spiro atoms. The van der Waals surface area contributed by atoms with Crippen molar-refractivity contribution in [1.29, 1.82) is 15.8 Å². The lowest BCUT2D eigenvalue weighted by atomic mass is 9.58. The van der Waals surface area contributed by atoms with Crippen LogP contribution in [0.15, 0.2) is 47.2 Å². The van der Waals surface area contributed by atoms with Gasteiger partial charge < -0.3 is 10.6 Å². The highest BCUT2D eigenvalue weighted by Gasteiger charge is 2.54. The Bertz CT molecular complexity index is 878. The van der Waals surface area contributed by atoms with Gasteiger partial charge in [-0.1, -0.05) is 29.8 Å². The summed E-state index contributed by atoms with van der Waals surface area (Å²) in [6.07, 6.45) is 1.97. The highest BCUT2D eigenvalue weighted by atomic mass is 35.5. The molecule has 0 saturated heterocycles. The van der Waals surface area contributed by atoms with Crippen LogP contribution in [-0.2, 0) is 0 Å². The van der Waals surface area contributed by atoms with Crippen molar-refractivity contribution in [2.45, 2.75) is 5.92 Å². The van der Waals surface area contributed by atoms with Gasteiger partial charge in [0.25, 0.3) is 0 Å². The van der Waals surface area contributed by atoms with Gasteiger partial charge in [0.05, 0.1) is 23.4 Å². The lowest BCUT2D eigenvalue weighted by Crippen LogP contribution is -2.47. The number of nitriles is 3. The van der Waals surface area contributed by atoms with Crippen LogP contribution in [0, 0.1) is 45.3 Å². The van der Waals surface area contributed by atoms with Crippen LogP contribution in [0.3, 0.4) is 0 Å². The quantitative estimate of drug-likeness (QED) is 0.840. The van der Waals surface area contributed by atoms with Crippen molar-refractivity contribution in [3.8, 4) is 18.2 Å². The number of allylic oxidation sites excluding steroid dienone is 2. The van der Waals surface area contributed by atoms with Gasteiger partial charge in [0, 0.05) is 29.9 Å². The predicted octanol–water partition coefficient (Wildman–Crippen LogP) is 2.70. The molecule has 2 aliphatic rings. The van der Waals surface area contributed by atoms with Crippen LogP contribution in [0.1, 0.15) is 11.5 Å². The Balaban J connectivity index is 2.32. The number of benzene rings is 1. The molecule has 0 aromatic heterocycles. The van der Waals surface area contributed by atoms with Crippen molar-refractivity contribution in [2.75, 3.05) is 20.1 Å². The third-order valence-electron chi connectivity index (χ3n) is 5.08. The van der Waals surface area contributed by atoms with Crippen LogP contribution < -0.4 is 5.73 Å². The minimum absolute atomic E-state index is 0.0482. The van der Waals surface area contributed by atoms with Crippen molar-refractivity contribution >= 4 is 11.6 Å². The van der Waals surface area contributed by atoms with Crippen molar-refractivity contribution < 1.29 is 0 Å². The zero-order valence-corrected chi connectivity index (χ0v) is 14.5. The van der Waals surface area contributed by atoms with Crippen LogP contribution in [0.5, 0.6) is 0 Å². The van der Waals surface area contributed by atoms with E-state index < -0.39 is 11.3 Å². The molecular formula is C19H16ClN5. The molecule has 0 saturated carbocycles. The summed E-state index contributed by atoms with van der Waals surface area (Å²) < 4.78 is 0. The van der Waals surface area contributed by atoms with Crippen molar-refractivity contribution in [3.63, 3.8) is 0 Å². The molecule has 1 aromatic carbocycles. The SMILES string of the molecule is CN1CC=C2C(C#N)=C(N)C(C#N)(C#N)[C@@H](c3ccc(Cl)cc3)[C@@H]2C1. The van der Waals surface area contributed by atoms with E-state index in [0.29, 0.717) is 18.1 Å². The zero-order valence-electron chi connectivity index (χ0n) is 13.7. The number of fused-ring (bicyclic) bond motifs is 1.